The van der Waals surface area contributed by atoms with Crippen LogP contribution in [0.5, 0.6) is 0 Å². The SMILES string of the molecule is C=CCN.[Co]. The zero-order valence-electron chi connectivity index (χ0n) is 2.90. The first-order chi connectivity index (χ1) is 1.91. The molecule has 0 saturated carbocycles. The first kappa shape index (κ1) is 8.96. The van der Waals surface area contributed by atoms with E-state index in [1.807, 2.05) is 0 Å². The van der Waals surface area contributed by atoms with Gasteiger partial charge in [-0.1, -0.05) is 6.08 Å². The Morgan fingerprint density at radius 2 is 2.00 bits per heavy atom. The molecule has 0 aromatic carbocycles. The summed E-state index contributed by atoms with van der Waals surface area (Å²) in [5.74, 6) is 0. The van der Waals surface area contributed by atoms with Crippen LogP contribution in [0.15, 0.2) is 12.7 Å². The van der Waals surface area contributed by atoms with E-state index in [2.05, 4.69) is 6.58 Å². The van der Waals surface area contributed by atoms with Gasteiger partial charge in [-0.15, -0.1) is 6.58 Å². The molecule has 0 aromatic rings. The van der Waals surface area contributed by atoms with Crippen LogP contribution in [0.2, 0.25) is 0 Å². The number of rotatable bonds is 1. The summed E-state index contributed by atoms with van der Waals surface area (Å²) in [6.07, 6.45) is 1.65. The molecule has 0 fully saturated rings. The molecule has 0 spiro atoms. The van der Waals surface area contributed by atoms with Gasteiger partial charge in [0, 0.05) is 23.3 Å². The fourth-order valence-corrected chi connectivity index (χ4v) is 0. The summed E-state index contributed by atoms with van der Waals surface area (Å²) in [7, 11) is 0. The van der Waals surface area contributed by atoms with Crippen molar-refractivity contribution >= 4 is 0 Å². The Morgan fingerprint density at radius 3 is 2.00 bits per heavy atom. The molecule has 33 valence electrons. The molecule has 2 N–H and O–H groups in total. The summed E-state index contributed by atoms with van der Waals surface area (Å²) in [6.45, 7) is 3.94. The van der Waals surface area contributed by atoms with E-state index in [-0.39, 0.29) is 16.8 Å². The van der Waals surface area contributed by atoms with Gasteiger partial charge in [-0.05, 0) is 0 Å². The van der Waals surface area contributed by atoms with E-state index in [9.17, 15) is 0 Å². The van der Waals surface area contributed by atoms with E-state index in [0.717, 1.165) is 0 Å². The molecule has 1 radical (unpaired) electrons. The minimum Gasteiger partial charge on any atom is -0.327 e. The van der Waals surface area contributed by atoms with Gasteiger partial charge in [0.15, 0.2) is 0 Å². The second-order valence-corrected chi connectivity index (χ2v) is 0.524. The summed E-state index contributed by atoms with van der Waals surface area (Å²) >= 11 is 0. The Kier molecular flexibility index (Phi) is 15.9. The van der Waals surface area contributed by atoms with Gasteiger partial charge < -0.3 is 5.73 Å². The van der Waals surface area contributed by atoms with E-state index in [1.54, 1.807) is 6.08 Å². The van der Waals surface area contributed by atoms with Crippen molar-refractivity contribution in [2.45, 2.75) is 0 Å². The van der Waals surface area contributed by atoms with Gasteiger partial charge in [0.1, 0.15) is 0 Å². The fraction of sp³-hybridized carbons (Fsp3) is 0.333. The van der Waals surface area contributed by atoms with Crippen molar-refractivity contribution in [3.05, 3.63) is 12.7 Å². The van der Waals surface area contributed by atoms with Crippen LogP contribution in [-0.2, 0) is 16.8 Å². The van der Waals surface area contributed by atoms with Gasteiger partial charge in [0.05, 0.1) is 0 Å². The van der Waals surface area contributed by atoms with Crippen molar-refractivity contribution in [2.24, 2.45) is 5.73 Å². The number of nitrogens with two attached hydrogens (primary N) is 1. The molecule has 0 rings (SSSR count). The smallest absolute Gasteiger partial charge is 0.0104 e. The van der Waals surface area contributed by atoms with Crippen molar-refractivity contribution in [3.8, 4) is 0 Å². The van der Waals surface area contributed by atoms with Gasteiger partial charge in [0.2, 0.25) is 0 Å². The third-order valence-corrected chi connectivity index (χ3v) is 0.167. The molecule has 0 aromatic heterocycles. The summed E-state index contributed by atoms with van der Waals surface area (Å²) in [6, 6.07) is 0. The Morgan fingerprint density at radius 1 is 1.80 bits per heavy atom. The van der Waals surface area contributed by atoms with Crippen LogP contribution in [-0.4, -0.2) is 6.54 Å². The molecule has 2 heteroatoms. The average molecular weight is 116 g/mol. The van der Waals surface area contributed by atoms with E-state index >= 15 is 0 Å². The first-order valence-corrected chi connectivity index (χ1v) is 1.22. The van der Waals surface area contributed by atoms with E-state index < -0.39 is 0 Å². The number of hydrogen-bond donors (Lipinski definition) is 1. The zero-order valence-corrected chi connectivity index (χ0v) is 3.94. The largest absolute Gasteiger partial charge is 0.327 e. The van der Waals surface area contributed by atoms with Crippen molar-refractivity contribution in [3.63, 3.8) is 0 Å². The van der Waals surface area contributed by atoms with Crippen LogP contribution in [0.4, 0.5) is 0 Å². The summed E-state index contributed by atoms with van der Waals surface area (Å²) < 4.78 is 0. The minimum absolute atomic E-state index is 0. The molecule has 0 atom stereocenters. The van der Waals surface area contributed by atoms with Crippen molar-refractivity contribution < 1.29 is 16.8 Å². The molecule has 0 amide bonds. The molecular weight excluding hydrogens is 109 g/mol. The van der Waals surface area contributed by atoms with Crippen LogP contribution in [0, 0.1) is 0 Å². The molecule has 0 aliphatic rings. The molecule has 1 nitrogen and oxygen atoms in total. The second-order valence-electron chi connectivity index (χ2n) is 0.524. The number of hydrogen-bond acceptors (Lipinski definition) is 1. The molecule has 0 aliphatic heterocycles. The fourth-order valence-electron chi connectivity index (χ4n) is 0. The molecular formula is C3H7CoN. The Bertz CT molecular complexity index is 20.9. The predicted octanol–water partition coefficient (Wildman–Crippen LogP) is 0.129. The van der Waals surface area contributed by atoms with Gasteiger partial charge in [-0.2, -0.15) is 0 Å². The van der Waals surface area contributed by atoms with Crippen LogP contribution in [0.3, 0.4) is 0 Å². The molecule has 0 unspecified atom stereocenters. The van der Waals surface area contributed by atoms with E-state index in [0.29, 0.717) is 6.54 Å². The minimum atomic E-state index is 0. The van der Waals surface area contributed by atoms with Crippen LogP contribution < -0.4 is 5.73 Å². The molecule has 0 aliphatic carbocycles. The summed E-state index contributed by atoms with van der Waals surface area (Å²) in [5.41, 5.74) is 4.91. The van der Waals surface area contributed by atoms with E-state index in [4.69, 9.17) is 5.73 Å². The zero-order chi connectivity index (χ0) is 3.41. The van der Waals surface area contributed by atoms with Crippen LogP contribution in [0.1, 0.15) is 0 Å². The third-order valence-electron chi connectivity index (χ3n) is 0.167. The summed E-state index contributed by atoms with van der Waals surface area (Å²) in [4.78, 5) is 0. The maximum Gasteiger partial charge on any atom is 0.0104 e. The van der Waals surface area contributed by atoms with Crippen molar-refractivity contribution in [2.75, 3.05) is 6.54 Å². The molecule has 0 heterocycles. The molecule has 0 saturated heterocycles. The van der Waals surface area contributed by atoms with Crippen LogP contribution >= 0.6 is 0 Å². The quantitative estimate of drug-likeness (QED) is 0.484. The average Bonchev–Trinajstić information content (AvgIpc) is 1.37. The van der Waals surface area contributed by atoms with Crippen molar-refractivity contribution in [1.82, 2.24) is 0 Å². The Labute approximate surface area is 42.4 Å². The molecule has 5 heavy (non-hydrogen) atoms. The normalized spacial score (nSPS) is 5.00. The van der Waals surface area contributed by atoms with E-state index in [1.165, 1.54) is 0 Å². The first-order valence-electron chi connectivity index (χ1n) is 1.22. The Balaban J connectivity index is 0. The molecule has 0 bridgehead atoms. The van der Waals surface area contributed by atoms with Crippen molar-refractivity contribution in [1.29, 1.82) is 0 Å². The topological polar surface area (TPSA) is 26.0 Å². The third kappa shape index (κ3) is 14.1. The van der Waals surface area contributed by atoms with Gasteiger partial charge >= 0.3 is 0 Å². The van der Waals surface area contributed by atoms with Crippen LogP contribution in [0.25, 0.3) is 0 Å². The second kappa shape index (κ2) is 8.88. The monoisotopic (exact) mass is 116 g/mol. The summed E-state index contributed by atoms with van der Waals surface area (Å²) in [5, 5.41) is 0. The van der Waals surface area contributed by atoms with Gasteiger partial charge in [0.25, 0.3) is 0 Å². The maximum atomic E-state index is 4.91. The predicted molar refractivity (Wildman–Crippen MR) is 19.3 cm³/mol. The standard InChI is InChI=1S/C3H7N.Co/c1-2-3-4;/h2H,1,3-4H2;. The van der Waals surface area contributed by atoms with Gasteiger partial charge in [-0.3, -0.25) is 0 Å². The maximum absolute atomic E-state index is 4.91. The Hall–Kier alpha value is 0.206. The van der Waals surface area contributed by atoms with Gasteiger partial charge in [-0.25, -0.2) is 0 Å².